The molecule has 1 amide bonds. The maximum Gasteiger partial charge on any atom is 0.251 e. The highest BCUT2D eigenvalue weighted by Crippen LogP contribution is 2.09. The van der Waals surface area contributed by atoms with E-state index in [-0.39, 0.29) is 11.7 Å². The monoisotopic (exact) mass is 268 g/mol. The van der Waals surface area contributed by atoms with Gasteiger partial charge in [0.05, 0.1) is 4.99 Å². The van der Waals surface area contributed by atoms with Crippen molar-refractivity contribution in [2.75, 3.05) is 6.54 Å². The quantitative estimate of drug-likeness (QED) is 0.615. The first-order valence-electron chi connectivity index (χ1n) is 5.83. The van der Waals surface area contributed by atoms with Gasteiger partial charge in [-0.3, -0.25) is 4.79 Å². The number of hydrogen-bond acceptors (Lipinski definition) is 2. The Labute approximate surface area is 112 Å². The number of rotatable bonds is 6. The lowest BCUT2D eigenvalue weighted by atomic mass is 10.1. The van der Waals surface area contributed by atoms with Crippen LogP contribution in [0, 0.1) is 12.7 Å². The van der Waals surface area contributed by atoms with Crippen LogP contribution in [0.3, 0.4) is 0 Å². The Kier molecular flexibility index (Phi) is 5.71. The van der Waals surface area contributed by atoms with Crippen LogP contribution in [-0.4, -0.2) is 17.4 Å². The standard InChI is InChI=1S/C13H17FN2OS/c1-9-8-10(14)5-6-11(9)13(17)16-7-3-2-4-12(15)18/h5-6,8H,2-4,7H2,1H3,(H2,15,18)(H,16,17). The van der Waals surface area contributed by atoms with Crippen LogP contribution in [-0.2, 0) is 0 Å². The Bertz CT molecular complexity index is 449. The van der Waals surface area contributed by atoms with E-state index in [0.717, 1.165) is 12.8 Å². The fraction of sp³-hybridized carbons (Fsp3) is 0.385. The molecule has 3 nitrogen and oxygen atoms in total. The third-order valence-electron chi connectivity index (χ3n) is 2.57. The summed E-state index contributed by atoms with van der Waals surface area (Å²) in [6, 6.07) is 4.13. The van der Waals surface area contributed by atoms with Gasteiger partial charge in [-0.1, -0.05) is 12.2 Å². The number of aryl methyl sites for hydroxylation is 1. The highest BCUT2D eigenvalue weighted by atomic mass is 32.1. The Morgan fingerprint density at radius 3 is 2.78 bits per heavy atom. The van der Waals surface area contributed by atoms with Crippen molar-refractivity contribution in [2.24, 2.45) is 5.73 Å². The lowest BCUT2D eigenvalue weighted by Crippen LogP contribution is -2.25. The number of benzene rings is 1. The summed E-state index contributed by atoms with van der Waals surface area (Å²) in [4.78, 5) is 12.3. The maximum absolute atomic E-state index is 12.9. The second-order valence-electron chi connectivity index (χ2n) is 4.14. The molecule has 0 radical (unpaired) electrons. The van der Waals surface area contributed by atoms with Gasteiger partial charge in [0.15, 0.2) is 0 Å². The summed E-state index contributed by atoms with van der Waals surface area (Å²) in [5.41, 5.74) is 6.51. The fourth-order valence-corrected chi connectivity index (χ4v) is 1.75. The van der Waals surface area contributed by atoms with Gasteiger partial charge in [0.1, 0.15) is 5.82 Å². The number of thiocarbonyl (C=S) groups is 1. The van der Waals surface area contributed by atoms with E-state index in [9.17, 15) is 9.18 Å². The van der Waals surface area contributed by atoms with Gasteiger partial charge in [-0.2, -0.15) is 0 Å². The molecule has 0 aliphatic carbocycles. The molecule has 1 rings (SSSR count). The van der Waals surface area contributed by atoms with E-state index in [2.05, 4.69) is 5.32 Å². The van der Waals surface area contributed by atoms with Crippen molar-refractivity contribution in [1.82, 2.24) is 5.32 Å². The maximum atomic E-state index is 12.9. The van der Waals surface area contributed by atoms with Crippen molar-refractivity contribution < 1.29 is 9.18 Å². The molecular formula is C13H17FN2OS. The zero-order valence-corrected chi connectivity index (χ0v) is 11.1. The summed E-state index contributed by atoms with van der Waals surface area (Å²) in [6.07, 6.45) is 2.38. The Morgan fingerprint density at radius 2 is 2.17 bits per heavy atom. The van der Waals surface area contributed by atoms with Gasteiger partial charge in [0.2, 0.25) is 0 Å². The van der Waals surface area contributed by atoms with Crippen molar-refractivity contribution >= 4 is 23.1 Å². The van der Waals surface area contributed by atoms with Crippen LogP contribution < -0.4 is 11.1 Å². The Hall–Kier alpha value is -1.49. The summed E-state index contributed by atoms with van der Waals surface area (Å²) in [5, 5.41) is 2.79. The van der Waals surface area contributed by atoms with E-state index >= 15 is 0 Å². The van der Waals surface area contributed by atoms with Crippen LogP contribution in [0.2, 0.25) is 0 Å². The first-order valence-corrected chi connectivity index (χ1v) is 6.24. The second kappa shape index (κ2) is 7.06. The van der Waals surface area contributed by atoms with Crippen LogP contribution in [0.1, 0.15) is 35.2 Å². The SMILES string of the molecule is Cc1cc(F)ccc1C(=O)NCCCCC(N)=S. The zero-order chi connectivity index (χ0) is 13.5. The molecule has 1 aromatic carbocycles. The van der Waals surface area contributed by atoms with E-state index in [1.807, 2.05) is 0 Å². The van der Waals surface area contributed by atoms with Gasteiger partial charge >= 0.3 is 0 Å². The van der Waals surface area contributed by atoms with Gasteiger partial charge < -0.3 is 11.1 Å². The van der Waals surface area contributed by atoms with Crippen molar-refractivity contribution in [1.29, 1.82) is 0 Å². The van der Waals surface area contributed by atoms with Crippen LogP contribution in [0.5, 0.6) is 0 Å². The molecule has 98 valence electrons. The van der Waals surface area contributed by atoms with E-state index < -0.39 is 0 Å². The van der Waals surface area contributed by atoms with Crippen LogP contribution in [0.15, 0.2) is 18.2 Å². The average molecular weight is 268 g/mol. The van der Waals surface area contributed by atoms with Crippen molar-refractivity contribution in [3.8, 4) is 0 Å². The number of carbonyl (C=O) groups is 1. The molecule has 0 unspecified atom stereocenters. The first-order chi connectivity index (χ1) is 8.50. The number of hydrogen-bond donors (Lipinski definition) is 2. The minimum atomic E-state index is -0.333. The highest BCUT2D eigenvalue weighted by Gasteiger charge is 2.08. The molecule has 0 spiro atoms. The zero-order valence-electron chi connectivity index (χ0n) is 10.3. The number of unbranched alkanes of at least 4 members (excludes halogenated alkanes) is 1. The average Bonchev–Trinajstić information content (AvgIpc) is 2.27. The molecule has 0 aliphatic heterocycles. The molecule has 0 aliphatic rings. The van der Waals surface area contributed by atoms with Crippen molar-refractivity contribution in [3.63, 3.8) is 0 Å². The van der Waals surface area contributed by atoms with Crippen molar-refractivity contribution in [2.45, 2.75) is 26.2 Å². The Morgan fingerprint density at radius 1 is 1.44 bits per heavy atom. The predicted octanol–water partition coefficient (Wildman–Crippen LogP) is 2.32. The third kappa shape index (κ3) is 4.79. The van der Waals surface area contributed by atoms with Gasteiger partial charge in [0, 0.05) is 12.1 Å². The topological polar surface area (TPSA) is 55.1 Å². The van der Waals surface area contributed by atoms with Crippen molar-refractivity contribution in [3.05, 3.63) is 35.1 Å². The normalized spacial score (nSPS) is 10.1. The van der Waals surface area contributed by atoms with E-state index in [0.29, 0.717) is 29.1 Å². The summed E-state index contributed by atoms with van der Waals surface area (Å²) in [6.45, 7) is 2.28. The third-order valence-corrected chi connectivity index (χ3v) is 2.77. The summed E-state index contributed by atoms with van der Waals surface area (Å²) >= 11 is 4.76. The lowest BCUT2D eigenvalue weighted by Gasteiger charge is -2.07. The van der Waals surface area contributed by atoms with E-state index in [1.54, 1.807) is 6.92 Å². The summed E-state index contributed by atoms with van der Waals surface area (Å²) in [7, 11) is 0. The molecule has 18 heavy (non-hydrogen) atoms. The smallest absolute Gasteiger partial charge is 0.251 e. The molecule has 0 bridgehead atoms. The minimum absolute atomic E-state index is 0.178. The predicted molar refractivity (Wildman–Crippen MR) is 74.1 cm³/mol. The van der Waals surface area contributed by atoms with E-state index in [4.69, 9.17) is 18.0 Å². The molecular weight excluding hydrogens is 251 g/mol. The van der Waals surface area contributed by atoms with Gasteiger partial charge in [-0.05, 0) is 49.9 Å². The van der Waals surface area contributed by atoms with Gasteiger partial charge in [0.25, 0.3) is 5.91 Å². The number of nitrogens with one attached hydrogen (secondary N) is 1. The number of amides is 1. The van der Waals surface area contributed by atoms with Gasteiger partial charge in [-0.25, -0.2) is 4.39 Å². The fourth-order valence-electron chi connectivity index (χ4n) is 1.60. The molecule has 0 heterocycles. The van der Waals surface area contributed by atoms with E-state index in [1.165, 1.54) is 18.2 Å². The molecule has 0 saturated heterocycles. The summed E-state index contributed by atoms with van der Waals surface area (Å²) < 4.78 is 12.9. The second-order valence-corrected chi connectivity index (χ2v) is 4.66. The molecule has 3 N–H and O–H groups in total. The van der Waals surface area contributed by atoms with Gasteiger partial charge in [-0.15, -0.1) is 0 Å². The molecule has 5 heteroatoms. The first kappa shape index (κ1) is 14.6. The molecule has 1 aromatic rings. The Balaban J connectivity index is 2.39. The lowest BCUT2D eigenvalue weighted by molar-refractivity contribution is 0.0952. The molecule has 0 aromatic heterocycles. The number of carbonyl (C=O) groups excluding carboxylic acids is 1. The number of nitrogens with two attached hydrogens (primary N) is 1. The number of halogens is 1. The van der Waals surface area contributed by atoms with Crippen LogP contribution in [0.25, 0.3) is 0 Å². The summed E-state index contributed by atoms with van der Waals surface area (Å²) in [5.74, 6) is -0.511. The molecule has 0 saturated carbocycles. The minimum Gasteiger partial charge on any atom is -0.393 e. The highest BCUT2D eigenvalue weighted by molar-refractivity contribution is 7.80. The largest absolute Gasteiger partial charge is 0.393 e. The molecule has 0 atom stereocenters. The van der Waals surface area contributed by atoms with Crippen LogP contribution >= 0.6 is 12.2 Å². The van der Waals surface area contributed by atoms with Crippen LogP contribution in [0.4, 0.5) is 4.39 Å². The molecule has 0 fully saturated rings.